The van der Waals surface area contributed by atoms with Crippen LogP contribution in [0.2, 0.25) is 0 Å². The monoisotopic (exact) mass is 235 g/mol. The Kier molecular flexibility index (Phi) is 3.54. The minimum atomic E-state index is -0.570. The second-order valence-electron chi connectivity index (χ2n) is 3.46. The third-order valence-corrected chi connectivity index (χ3v) is 3.23. The summed E-state index contributed by atoms with van der Waals surface area (Å²) in [5.74, 6) is 0.676. The van der Waals surface area contributed by atoms with Crippen molar-refractivity contribution in [2.24, 2.45) is 0 Å². The number of nitrogens with zero attached hydrogens (tertiary/aromatic N) is 1. The highest BCUT2D eigenvalue weighted by atomic mass is 32.1. The summed E-state index contributed by atoms with van der Waals surface area (Å²) in [5.41, 5.74) is 0. The number of thiophene rings is 1. The topological polar surface area (TPSA) is 42.4 Å². The summed E-state index contributed by atoms with van der Waals surface area (Å²) in [4.78, 5) is 6.06. The minimum Gasteiger partial charge on any atom is -0.489 e. The molecule has 0 fully saturated rings. The maximum absolute atomic E-state index is 9.86. The lowest BCUT2D eigenvalue weighted by Crippen LogP contribution is -2.08. The lowest BCUT2D eigenvalue weighted by molar-refractivity contribution is 0.111. The van der Waals surface area contributed by atoms with E-state index in [0.717, 1.165) is 4.88 Å². The van der Waals surface area contributed by atoms with Gasteiger partial charge >= 0.3 is 0 Å². The highest BCUT2D eigenvalue weighted by molar-refractivity contribution is 7.12. The Morgan fingerprint density at radius 3 is 2.94 bits per heavy atom. The van der Waals surface area contributed by atoms with Crippen LogP contribution in [0.4, 0.5) is 0 Å². The van der Waals surface area contributed by atoms with Crippen molar-refractivity contribution in [1.82, 2.24) is 4.98 Å². The molecular weight excluding hydrogens is 222 g/mol. The molecular formula is C12H13NO2S. The Hall–Kier alpha value is -1.39. The van der Waals surface area contributed by atoms with Crippen LogP contribution in [0, 0.1) is 6.92 Å². The van der Waals surface area contributed by atoms with Crippen LogP contribution in [0.5, 0.6) is 5.75 Å². The molecule has 0 radical (unpaired) electrons. The van der Waals surface area contributed by atoms with Crippen molar-refractivity contribution in [1.29, 1.82) is 0 Å². The van der Waals surface area contributed by atoms with E-state index >= 15 is 0 Å². The van der Waals surface area contributed by atoms with Crippen LogP contribution in [-0.2, 0) is 0 Å². The maximum atomic E-state index is 9.86. The molecule has 0 bridgehead atoms. The van der Waals surface area contributed by atoms with E-state index in [0.29, 0.717) is 5.75 Å². The molecule has 0 aliphatic rings. The van der Waals surface area contributed by atoms with Crippen molar-refractivity contribution < 1.29 is 9.84 Å². The quantitative estimate of drug-likeness (QED) is 0.885. The van der Waals surface area contributed by atoms with Gasteiger partial charge in [-0.05, 0) is 31.2 Å². The third-order valence-electron chi connectivity index (χ3n) is 2.13. The molecule has 0 amide bonds. The summed E-state index contributed by atoms with van der Waals surface area (Å²) < 4.78 is 5.43. The summed E-state index contributed by atoms with van der Waals surface area (Å²) >= 11 is 1.59. The molecule has 0 aromatic carbocycles. The van der Waals surface area contributed by atoms with Gasteiger partial charge in [0.2, 0.25) is 0 Å². The molecule has 1 atom stereocenters. The van der Waals surface area contributed by atoms with E-state index in [4.69, 9.17) is 4.74 Å². The minimum absolute atomic E-state index is 0.256. The first-order chi connectivity index (χ1) is 7.75. The molecule has 0 spiro atoms. The maximum Gasteiger partial charge on any atom is 0.137 e. The van der Waals surface area contributed by atoms with Gasteiger partial charge in [-0.2, -0.15) is 0 Å². The lowest BCUT2D eigenvalue weighted by Gasteiger charge is -2.10. The number of hydrogen-bond donors (Lipinski definition) is 1. The van der Waals surface area contributed by atoms with Crippen LogP contribution in [0.25, 0.3) is 0 Å². The van der Waals surface area contributed by atoms with Gasteiger partial charge in [0.05, 0.1) is 6.20 Å². The van der Waals surface area contributed by atoms with Gasteiger partial charge in [-0.25, -0.2) is 0 Å². The fraction of sp³-hybridized carbons (Fsp3) is 0.250. The molecule has 0 saturated heterocycles. The van der Waals surface area contributed by atoms with Gasteiger partial charge < -0.3 is 9.84 Å². The Morgan fingerprint density at radius 1 is 1.44 bits per heavy atom. The van der Waals surface area contributed by atoms with Crippen LogP contribution < -0.4 is 4.74 Å². The lowest BCUT2D eigenvalue weighted by atomic mass is 10.3. The molecule has 0 aliphatic heterocycles. The van der Waals surface area contributed by atoms with Gasteiger partial charge in [0.25, 0.3) is 0 Å². The number of aliphatic hydroxyl groups excluding tert-OH is 1. The molecule has 2 aromatic rings. The molecule has 0 saturated carbocycles. The summed E-state index contributed by atoms with van der Waals surface area (Å²) in [6.45, 7) is 2.27. The van der Waals surface area contributed by atoms with Gasteiger partial charge in [0, 0.05) is 16.0 Å². The summed E-state index contributed by atoms with van der Waals surface area (Å²) in [6, 6.07) is 7.54. The number of aryl methyl sites for hydroxylation is 1. The number of aromatic nitrogens is 1. The highest BCUT2D eigenvalue weighted by Crippen LogP contribution is 2.23. The van der Waals surface area contributed by atoms with E-state index in [1.165, 1.54) is 4.88 Å². The van der Waals surface area contributed by atoms with Gasteiger partial charge in [0.15, 0.2) is 0 Å². The van der Waals surface area contributed by atoms with Crippen LogP contribution >= 0.6 is 11.3 Å². The third kappa shape index (κ3) is 2.81. The highest BCUT2D eigenvalue weighted by Gasteiger charge is 2.10. The second kappa shape index (κ2) is 5.09. The van der Waals surface area contributed by atoms with Gasteiger partial charge in [-0.15, -0.1) is 11.3 Å². The van der Waals surface area contributed by atoms with Crippen LogP contribution in [0.1, 0.15) is 15.9 Å². The van der Waals surface area contributed by atoms with Crippen molar-refractivity contribution in [2.75, 3.05) is 6.61 Å². The van der Waals surface area contributed by atoms with Gasteiger partial charge in [-0.3, -0.25) is 4.98 Å². The fourth-order valence-corrected chi connectivity index (χ4v) is 2.17. The smallest absolute Gasteiger partial charge is 0.137 e. The van der Waals surface area contributed by atoms with E-state index in [2.05, 4.69) is 4.98 Å². The average molecular weight is 235 g/mol. The largest absolute Gasteiger partial charge is 0.489 e. The molecule has 1 unspecified atom stereocenters. The SMILES string of the molecule is Cc1ccc(C(O)COc2cccnc2)s1. The fourth-order valence-electron chi connectivity index (χ4n) is 1.32. The summed E-state index contributed by atoms with van der Waals surface area (Å²) in [5, 5.41) is 9.86. The zero-order valence-electron chi connectivity index (χ0n) is 8.96. The van der Waals surface area contributed by atoms with E-state index in [1.54, 1.807) is 29.8 Å². The molecule has 2 rings (SSSR count). The molecule has 2 aromatic heterocycles. The number of aliphatic hydroxyl groups is 1. The average Bonchev–Trinajstić information content (AvgIpc) is 2.74. The zero-order chi connectivity index (χ0) is 11.4. The molecule has 1 N–H and O–H groups in total. The van der Waals surface area contributed by atoms with Gasteiger partial charge in [-0.1, -0.05) is 0 Å². The second-order valence-corrected chi connectivity index (χ2v) is 4.78. The Labute approximate surface area is 98.4 Å². The van der Waals surface area contributed by atoms with E-state index in [1.807, 2.05) is 25.1 Å². The molecule has 2 heterocycles. The number of rotatable bonds is 4. The predicted octanol–water partition coefficient (Wildman–Crippen LogP) is 2.56. The Balaban J connectivity index is 1.91. The van der Waals surface area contributed by atoms with Crippen molar-refractivity contribution in [3.05, 3.63) is 46.4 Å². The van der Waals surface area contributed by atoms with E-state index in [-0.39, 0.29) is 6.61 Å². The van der Waals surface area contributed by atoms with Crippen molar-refractivity contribution in [3.63, 3.8) is 0 Å². The van der Waals surface area contributed by atoms with Crippen LogP contribution in [0.3, 0.4) is 0 Å². The number of pyridine rings is 1. The number of hydrogen-bond acceptors (Lipinski definition) is 4. The normalized spacial score (nSPS) is 12.4. The Bertz CT molecular complexity index is 441. The first-order valence-electron chi connectivity index (χ1n) is 5.03. The molecule has 84 valence electrons. The standard InChI is InChI=1S/C12H13NO2S/c1-9-4-5-12(16-9)11(14)8-15-10-3-2-6-13-7-10/h2-7,11,14H,8H2,1H3. The molecule has 4 heteroatoms. The summed E-state index contributed by atoms with van der Waals surface area (Å²) in [6.07, 6.45) is 2.75. The first kappa shape index (κ1) is 11.1. The van der Waals surface area contributed by atoms with Crippen LogP contribution in [0.15, 0.2) is 36.7 Å². The van der Waals surface area contributed by atoms with Crippen LogP contribution in [-0.4, -0.2) is 16.7 Å². The van der Waals surface area contributed by atoms with Gasteiger partial charge in [0.1, 0.15) is 18.5 Å². The Morgan fingerprint density at radius 2 is 2.31 bits per heavy atom. The zero-order valence-corrected chi connectivity index (χ0v) is 9.78. The molecule has 3 nitrogen and oxygen atoms in total. The molecule has 0 aliphatic carbocycles. The molecule has 16 heavy (non-hydrogen) atoms. The van der Waals surface area contributed by atoms with Crippen molar-refractivity contribution in [2.45, 2.75) is 13.0 Å². The van der Waals surface area contributed by atoms with E-state index in [9.17, 15) is 5.11 Å². The summed E-state index contributed by atoms with van der Waals surface area (Å²) in [7, 11) is 0. The number of ether oxygens (including phenoxy) is 1. The van der Waals surface area contributed by atoms with Crippen molar-refractivity contribution >= 4 is 11.3 Å². The first-order valence-corrected chi connectivity index (χ1v) is 5.84. The predicted molar refractivity (Wildman–Crippen MR) is 63.7 cm³/mol. The van der Waals surface area contributed by atoms with E-state index < -0.39 is 6.10 Å². The van der Waals surface area contributed by atoms with Crippen molar-refractivity contribution in [3.8, 4) is 5.75 Å².